The molecule has 0 amide bonds. The van der Waals surface area contributed by atoms with Crippen LogP contribution in [0, 0.1) is 11.8 Å². The Morgan fingerprint density at radius 1 is 1.06 bits per heavy atom. The molecule has 1 N–H and O–H groups in total. The lowest BCUT2D eigenvalue weighted by Crippen LogP contribution is -2.36. The Bertz CT molecular complexity index is 226. The Hall–Kier alpha value is -0.300. The largest absolute Gasteiger partial charge is 0.314 e. The fourth-order valence-corrected chi connectivity index (χ4v) is 3.37. The van der Waals surface area contributed by atoms with Crippen molar-refractivity contribution in [2.24, 2.45) is 11.8 Å². The molecule has 0 aromatic carbocycles. The highest BCUT2D eigenvalue weighted by molar-refractivity contribution is 4.91. The highest BCUT2D eigenvalue weighted by Gasteiger charge is 2.19. The summed E-state index contributed by atoms with van der Waals surface area (Å²) in [7, 11) is 0. The summed E-state index contributed by atoms with van der Waals surface area (Å²) in [6.45, 7) is 3.65. The topological polar surface area (TPSA) is 12.0 Å². The second-order valence-corrected chi connectivity index (χ2v) is 6.10. The summed E-state index contributed by atoms with van der Waals surface area (Å²) in [5, 5.41) is 3.82. The molecular weight excluding hydrogens is 206 g/mol. The third-order valence-electron chi connectivity index (χ3n) is 4.71. The zero-order valence-electron chi connectivity index (χ0n) is 11.5. The molecule has 2 rings (SSSR count). The number of rotatable bonds is 4. The molecule has 17 heavy (non-hydrogen) atoms. The maximum Gasteiger partial charge on any atom is 0.00671 e. The highest BCUT2D eigenvalue weighted by Crippen LogP contribution is 2.26. The first-order valence-corrected chi connectivity index (χ1v) is 7.74. The van der Waals surface area contributed by atoms with Crippen LogP contribution in [0.3, 0.4) is 0 Å². The van der Waals surface area contributed by atoms with Gasteiger partial charge in [0.1, 0.15) is 0 Å². The molecule has 1 fully saturated rings. The van der Waals surface area contributed by atoms with E-state index in [9.17, 15) is 0 Å². The van der Waals surface area contributed by atoms with Crippen LogP contribution in [-0.4, -0.2) is 12.6 Å². The Balaban J connectivity index is 1.68. The van der Waals surface area contributed by atoms with Gasteiger partial charge in [-0.25, -0.2) is 0 Å². The van der Waals surface area contributed by atoms with Crippen molar-refractivity contribution in [2.45, 2.75) is 70.8 Å². The molecule has 1 saturated carbocycles. The van der Waals surface area contributed by atoms with Gasteiger partial charge in [0, 0.05) is 6.04 Å². The van der Waals surface area contributed by atoms with Gasteiger partial charge in [-0.3, -0.25) is 0 Å². The van der Waals surface area contributed by atoms with Crippen LogP contribution in [0.2, 0.25) is 0 Å². The van der Waals surface area contributed by atoms with Gasteiger partial charge in [0.05, 0.1) is 0 Å². The third-order valence-corrected chi connectivity index (χ3v) is 4.71. The van der Waals surface area contributed by atoms with E-state index in [0.29, 0.717) is 0 Å². The van der Waals surface area contributed by atoms with Crippen molar-refractivity contribution < 1.29 is 0 Å². The van der Waals surface area contributed by atoms with Crippen LogP contribution in [0.15, 0.2) is 12.2 Å². The van der Waals surface area contributed by atoms with E-state index in [2.05, 4.69) is 24.4 Å². The summed E-state index contributed by atoms with van der Waals surface area (Å²) in [4.78, 5) is 0. The van der Waals surface area contributed by atoms with Gasteiger partial charge >= 0.3 is 0 Å². The predicted octanol–water partition coefficient (Wildman–Crippen LogP) is 4.29. The number of allylic oxidation sites excluding steroid dienone is 2. The maximum atomic E-state index is 3.82. The average Bonchev–Trinajstić information content (AvgIpc) is 2.66. The summed E-state index contributed by atoms with van der Waals surface area (Å²) < 4.78 is 0. The first-order chi connectivity index (χ1) is 8.36. The van der Waals surface area contributed by atoms with E-state index in [1.54, 1.807) is 0 Å². The molecule has 0 aromatic rings. The molecule has 0 bridgehead atoms. The summed E-state index contributed by atoms with van der Waals surface area (Å²) in [5.41, 5.74) is 0. The second kappa shape index (κ2) is 7.20. The van der Waals surface area contributed by atoms with Crippen molar-refractivity contribution in [3.63, 3.8) is 0 Å². The average molecular weight is 235 g/mol. The van der Waals surface area contributed by atoms with E-state index in [-0.39, 0.29) is 0 Å². The van der Waals surface area contributed by atoms with E-state index < -0.39 is 0 Å². The molecule has 98 valence electrons. The van der Waals surface area contributed by atoms with Gasteiger partial charge < -0.3 is 5.32 Å². The van der Waals surface area contributed by atoms with Crippen LogP contribution in [0.25, 0.3) is 0 Å². The van der Waals surface area contributed by atoms with Crippen molar-refractivity contribution in [1.29, 1.82) is 0 Å². The van der Waals surface area contributed by atoms with Crippen molar-refractivity contribution in [3.05, 3.63) is 12.2 Å². The Morgan fingerprint density at radius 2 is 1.82 bits per heavy atom. The number of nitrogens with one attached hydrogen (secondary N) is 1. The second-order valence-electron chi connectivity index (χ2n) is 6.10. The Labute approximate surface area is 107 Å². The number of hydrogen-bond acceptors (Lipinski definition) is 1. The fraction of sp³-hybridized carbons (Fsp3) is 0.875. The molecule has 0 radical (unpaired) electrons. The van der Waals surface area contributed by atoms with Crippen molar-refractivity contribution in [1.82, 2.24) is 5.32 Å². The molecule has 2 aliphatic rings. The summed E-state index contributed by atoms with van der Waals surface area (Å²) in [6.07, 6.45) is 17.5. The predicted molar refractivity (Wildman–Crippen MR) is 75.1 cm³/mol. The van der Waals surface area contributed by atoms with Crippen LogP contribution >= 0.6 is 0 Å². The van der Waals surface area contributed by atoms with Crippen LogP contribution in [0.1, 0.15) is 64.7 Å². The Kier molecular flexibility index (Phi) is 5.57. The van der Waals surface area contributed by atoms with Crippen LogP contribution in [-0.2, 0) is 0 Å². The lowest BCUT2D eigenvalue weighted by molar-refractivity contribution is 0.312. The smallest absolute Gasteiger partial charge is 0.00671 e. The SMILES string of the molecule is C[C@@H](NCC1CC=CCC1)C1CCCCCC1. The summed E-state index contributed by atoms with van der Waals surface area (Å²) >= 11 is 0. The lowest BCUT2D eigenvalue weighted by atomic mass is 9.91. The minimum atomic E-state index is 0.735. The maximum absolute atomic E-state index is 3.82. The van der Waals surface area contributed by atoms with Crippen LogP contribution < -0.4 is 5.32 Å². The molecule has 0 aromatic heterocycles. The van der Waals surface area contributed by atoms with Crippen molar-refractivity contribution in [3.8, 4) is 0 Å². The molecule has 2 aliphatic carbocycles. The standard InChI is InChI=1S/C16H29N/c1-14(16-11-7-2-3-8-12-16)17-13-15-9-5-4-6-10-15/h4-5,14-17H,2-3,6-13H2,1H3/t14-,15?/m1/s1. The molecule has 0 aliphatic heterocycles. The van der Waals surface area contributed by atoms with Gasteiger partial charge in [-0.15, -0.1) is 0 Å². The highest BCUT2D eigenvalue weighted by atomic mass is 14.9. The molecule has 0 spiro atoms. The molecule has 0 heterocycles. The van der Waals surface area contributed by atoms with Gasteiger partial charge in [-0.2, -0.15) is 0 Å². The number of hydrogen-bond donors (Lipinski definition) is 1. The van der Waals surface area contributed by atoms with Gasteiger partial charge in [0.2, 0.25) is 0 Å². The van der Waals surface area contributed by atoms with E-state index in [1.807, 2.05) is 0 Å². The van der Waals surface area contributed by atoms with E-state index in [4.69, 9.17) is 0 Å². The zero-order chi connectivity index (χ0) is 11.9. The Morgan fingerprint density at radius 3 is 2.47 bits per heavy atom. The van der Waals surface area contributed by atoms with Crippen LogP contribution in [0.4, 0.5) is 0 Å². The van der Waals surface area contributed by atoms with Gasteiger partial charge in [0.25, 0.3) is 0 Å². The quantitative estimate of drug-likeness (QED) is 0.566. The molecular formula is C16H29N. The first-order valence-electron chi connectivity index (χ1n) is 7.74. The zero-order valence-corrected chi connectivity index (χ0v) is 11.5. The van der Waals surface area contributed by atoms with Gasteiger partial charge in [-0.05, 0) is 57.4 Å². The fourth-order valence-electron chi connectivity index (χ4n) is 3.37. The van der Waals surface area contributed by atoms with Gasteiger partial charge in [0.15, 0.2) is 0 Å². The molecule has 1 heteroatoms. The minimum Gasteiger partial charge on any atom is -0.314 e. The van der Waals surface area contributed by atoms with Gasteiger partial charge in [-0.1, -0.05) is 37.8 Å². The molecule has 1 nitrogen and oxygen atoms in total. The van der Waals surface area contributed by atoms with E-state index in [1.165, 1.54) is 64.3 Å². The molecule has 1 unspecified atom stereocenters. The normalized spacial score (nSPS) is 28.9. The third kappa shape index (κ3) is 4.46. The van der Waals surface area contributed by atoms with Crippen molar-refractivity contribution >= 4 is 0 Å². The summed E-state index contributed by atoms with van der Waals surface area (Å²) in [5.74, 6) is 1.84. The first kappa shape index (κ1) is 13.1. The molecule has 0 saturated heterocycles. The minimum absolute atomic E-state index is 0.735. The monoisotopic (exact) mass is 235 g/mol. The molecule has 2 atom stereocenters. The summed E-state index contributed by atoms with van der Waals surface area (Å²) in [6, 6.07) is 0.735. The lowest BCUT2D eigenvalue weighted by Gasteiger charge is -2.26. The van der Waals surface area contributed by atoms with Crippen molar-refractivity contribution in [2.75, 3.05) is 6.54 Å². The van der Waals surface area contributed by atoms with E-state index >= 15 is 0 Å². The van der Waals surface area contributed by atoms with Crippen LogP contribution in [0.5, 0.6) is 0 Å². The van der Waals surface area contributed by atoms with E-state index in [0.717, 1.165) is 17.9 Å².